The minimum atomic E-state index is -0.0406. The van der Waals surface area contributed by atoms with Crippen LogP contribution in [0.25, 0.3) is 0 Å². The molecule has 1 heterocycles. The summed E-state index contributed by atoms with van der Waals surface area (Å²) in [6, 6.07) is 7.77. The topological polar surface area (TPSA) is 55.1 Å². The summed E-state index contributed by atoms with van der Waals surface area (Å²) < 4.78 is 0. The molecule has 0 aliphatic carbocycles. The highest BCUT2D eigenvalue weighted by atomic mass is 35.5. The lowest BCUT2D eigenvalue weighted by molar-refractivity contribution is -0.117. The Labute approximate surface area is 89.1 Å². The molecule has 3 N–H and O–H groups in total. The highest BCUT2D eigenvalue weighted by Crippen LogP contribution is 2.33. The summed E-state index contributed by atoms with van der Waals surface area (Å²) >= 11 is 0. The largest absolute Gasteiger partial charge is 1.00 e. The minimum absolute atomic E-state index is 0. The zero-order chi connectivity index (χ0) is 9.26. The van der Waals surface area contributed by atoms with E-state index in [2.05, 4.69) is 5.32 Å². The van der Waals surface area contributed by atoms with Gasteiger partial charge in [0, 0.05) is 5.69 Å². The van der Waals surface area contributed by atoms with Crippen LogP contribution in [0, 0.1) is 0 Å². The first-order chi connectivity index (χ1) is 6.33. The monoisotopic (exact) mass is 211 g/mol. The fourth-order valence-electron chi connectivity index (χ4n) is 1.73. The summed E-state index contributed by atoms with van der Waals surface area (Å²) in [5, 5.41) is 2.84. The molecular weight excluding hydrogens is 200 g/mol. The van der Waals surface area contributed by atoms with Crippen LogP contribution in [0.4, 0.5) is 5.69 Å². The van der Waals surface area contributed by atoms with E-state index in [0.29, 0.717) is 6.54 Å². The van der Waals surface area contributed by atoms with Gasteiger partial charge >= 0.3 is 0 Å². The number of benzene rings is 1. The van der Waals surface area contributed by atoms with Crippen LogP contribution in [0.3, 0.4) is 0 Å². The van der Waals surface area contributed by atoms with Gasteiger partial charge in [-0.2, -0.15) is 0 Å². The number of carbonyl (C=O) groups excluding carboxylic acids is 1. The summed E-state index contributed by atoms with van der Waals surface area (Å²) in [7, 11) is 0. The Morgan fingerprint density at radius 2 is 2.07 bits per heavy atom. The van der Waals surface area contributed by atoms with E-state index in [1.807, 2.05) is 24.3 Å². The molecule has 1 atom stereocenters. The fourth-order valence-corrected chi connectivity index (χ4v) is 1.73. The summed E-state index contributed by atoms with van der Waals surface area (Å²) in [5.74, 6) is 0.0350. The number of para-hydroxylation sites is 1. The van der Waals surface area contributed by atoms with E-state index in [4.69, 9.17) is 5.73 Å². The average Bonchev–Trinajstić information content (AvgIpc) is 2.44. The molecule has 14 heavy (non-hydrogen) atoms. The number of hydrogen-bond acceptors (Lipinski definition) is 2. The molecule has 76 valence electrons. The van der Waals surface area contributed by atoms with E-state index >= 15 is 0 Å². The van der Waals surface area contributed by atoms with Gasteiger partial charge in [-0.05, 0) is 24.6 Å². The Hall–Kier alpha value is -1.06. The first-order valence-corrected chi connectivity index (χ1v) is 4.43. The molecule has 1 aliphatic rings. The Kier molecular flexibility index (Phi) is 3.49. The number of nitrogens with two attached hydrogens (primary N) is 1. The number of anilines is 1. The lowest BCUT2D eigenvalue weighted by atomic mass is 9.97. The van der Waals surface area contributed by atoms with Crippen LogP contribution in [-0.4, -0.2) is 12.5 Å². The Morgan fingerprint density at radius 3 is 2.79 bits per heavy atom. The lowest BCUT2D eigenvalue weighted by Crippen LogP contribution is -3.00. The SMILES string of the molecule is NCCC1C(=O)Nc2ccccc21.[Cl-]. The van der Waals surface area contributed by atoms with Gasteiger partial charge in [0.2, 0.25) is 5.91 Å². The molecule has 0 saturated heterocycles. The van der Waals surface area contributed by atoms with Crippen molar-refractivity contribution in [3.8, 4) is 0 Å². The highest BCUT2D eigenvalue weighted by molar-refractivity contribution is 6.02. The maximum Gasteiger partial charge on any atom is 0.232 e. The van der Waals surface area contributed by atoms with E-state index in [1.165, 1.54) is 0 Å². The van der Waals surface area contributed by atoms with Gasteiger partial charge in [-0.1, -0.05) is 18.2 Å². The molecule has 1 aromatic carbocycles. The molecule has 0 bridgehead atoms. The number of amides is 1. The fraction of sp³-hybridized carbons (Fsp3) is 0.300. The van der Waals surface area contributed by atoms with Gasteiger partial charge < -0.3 is 23.5 Å². The molecule has 1 unspecified atom stereocenters. The van der Waals surface area contributed by atoms with Crippen molar-refractivity contribution in [1.29, 1.82) is 0 Å². The molecule has 0 saturated carbocycles. The second kappa shape index (κ2) is 4.44. The van der Waals surface area contributed by atoms with Crippen molar-refractivity contribution in [2.45, 2.75) is 12.3 Å². The number of hydrogen-bond donors (Lipinski definition) is 2. The second-order valence-corrected chi connectivity index (χ2v) is 3.21. The van der Waals surface area contributed by atoms with Crippen LogP contribution in [0.15, 0.2) is 24.3 Å². The summed E-state index contributed by atoms with van der Waals surface area (Å²) in [6.45, 7) is 0.548. The van der Waals surface area contributed by atoms with Crippen molar-refractivity contribution >= 4 is 11.6 Å². The highest BCUT2D eigenvalue weighted by Gasteiger charge is 2.28. The third-order valence-electron chi connectivity index (χ3n) is 2.37. The van der Waals surface area contributed by atoms with Crippen LogP contribution in [0.5, 0.6) is 0 Å². The van der Waals surface area contributed by atoms with Crippen molar-refractivity contribution in [2.75, 3.05) is 11.9 Å². The number of fused-ring (bicyclic) bond motifs is 1. The molecule has 4 heteroatoms. The van der Waals surface area contributed by atoms with Crippen LogP contribution in [0.2, 0.25) is 0 Å². The predicted octanol–water partition coefficient (Wildman–Crippen LogP) is -1.92. The molecule has 3 nitrogen and oxygen atoms in total. The predicted molar refractivity (Wildman–Crippen MR) is 51.5 cm³/mol. The Bertz CT molecular complexity index is 341. The van der Waals surface area contributed by atoms with E-state index < -0.39 is 0 Å². The van der Waals surface area contributed by atoms with Crippen molar-refractivity contribution in [2.24, 2.45) is 5.73 Å². The van der Waals surface area contributed by atoms with Crippen LogP contribution in [-0.2, 0) is 4.79 Å². The maximum absolute atomic E-state index is 11.5. The third kappa shape index (κ3) is 1.74. The van der Waals surface area contributed by atoms with E-state index in [0.717, 1.165) is 17.7 Å². The summed E-state index contributed by atoms with van der Waals surface area (Å²) in [4.78, 5) is 11.5. The average molecular weight is 212 g/mol. The summed E-state index contributed by atoms with van der Waals surface area (Å²) in [5.41, 5.74) is 7.47. The number of nitrogens with one attached hydrogen (secondary N) is 1. The van der Waals surface area contributed by atoms with Crippen LogP contribution >= 0.6 is 0 Å². The number of halogens is 1. The van der Waals surface area contributed by atoms with Crippen molar-refractivity contribution < 1.29 is 17.2 Å². The zero-order valence-corrected chi connectivity index (χ0v) is 8.42. The molecule has 2 rings (SSSR count). The Balaban J connectivity index is 0.000000980. The van der Waals surface area contributed by atoms with Gasteiger partial charge in [0.15, 0.2) is 0 Å². The Morgan fingerprint density at radius 1 is 1.36 bits per heavy atom. The van der Waals surface area contributed by atoms with Crippen molar-refractivity contribution in [1.82, 2.24) is 0 Å². The molecule has 1 amide bonds. The summed E-state index contributed by atoms with van der Waals surface area (Å²) in [6.07, 6.45) is 0.725. The third-order valence-corrected chi connectivity index (χ3v) is 2.37. The van der Waals surface area contributed by atoms with Gasteiger partial charge in [0.1, 0.15) is 0 Å². The van der Waals surface area contributed by atoms with Crippen LogP contribution < -0.4 is 23.5 Å². The standard InChI is InChI=1S/C10H12N2O.ClH/c11-6-5-8-7-3-1-2-4-9(7)12-10(8)13;/h1-4,8H,5-6,11H2,(H,12,13);1H/p-1. The normalized spacial score (nSPS) is 18.4. The first-order valence-electron chi connectivity index (χ1n) is 4.43. The zero-order valence-electron chi connectivity index (χ0n) is 7.66. The van der Waals surface area contributed by atoms with Gasteiger partial charge in [0.05, 0.1) is 5.92 Å². The van der Waals surface area contributed by atoms with E-state index in [-0.39, 0.29) is 24.2 Å². The molecule has 0 radical (unpaired) electrons. The van der Waals surface area contributed by atoms with Gasteiger partial charge in [0.25, 0.3) is 0 Å². The van der Waals surface area contributed by atoms with Gasteiger partial charge in [-0.3, -0.25) is 4.79 Å². The number of carbonyl (C=O) groups is 1. The minimum Gasteiger partial charge on any atom is -1.00 e. The quantitative estimate of drug-likeness (QED) is 0.599. The van der Waals surface area contributed by atoms with Gasteiger partial charge in [-0.15, -0.1) is 0 Å². The molecular formula is C10H12ClN2O-. The van der Waals surface area contributed by atoms with Gasteiger partial charge in [-0.25, -0.2) is 0 Å². The molecule has 0 aromatic heterocycles. The molecule has 1 aliphatic heterocycles. The molecule has 0 spiro atoms. The lowest BCUT2D eigenvalue weighted by Gasteiger charge is -2.05. The maximum atomic E-state index is 11.5. The molecule has 0 fully saturated rings. The van der Waals surface area contributed by atoms with E-state index in [9.17, 15) is 4.79 Å². The molecule has 1 aromatic rings. The number of rotatable bonds is 2. The van der Waals surface area contributed by atoms with Crippen LogP contribution in [0.1, 0.15) is 17.9 Å². The van der Waals surface area contributed by atoms with Crippen molar-refractivity contribution in [3.05, 3.63) is 29.8 Å². The second-order valence-electron chi connectivity index (χ2n) is 3.21. The van der Waals surface area contributed by atoms with Crippen molar-refractivity contribution in [3.63, 3.8) is 0 Å². The smallest absolute Gasteiger partial charge is 0.232 e. The first kappa shape index (κ1) is 11.0. The van der Waals surface area contributed by atoms with E-state index in [1.54, 1.807) is 0 Å².